The normalized spacial score (nSPS) is 12.3. The van der Waals surface area contributed by atoms with Crippen LogP contribution in [0.15, 0.2) is 77.0 Å². The Morgan fingerprint density at radius 2 is 1.69 bits per heavy atom. The Balaban J connectivity index is 1.81. The third-order valence-corrected chi connectivity index (χ3v) is 4.64. The topological polar surface area (TPSA) is 71.3 Å². The molecule has 0 fully saturated rings. The maximum Gasteiger partial charge on any atom is 0.268 e. The molecule has 0 spiro atoms. The summed E-state index contributed by atoms with van der Waals surface area (Å²) in [7, 11) is 0. The van der Waals surface area contributed by atoms with Gasteiger partial charge in [0.25, 0.3) is 11.8 Å². The highest BCUT2D eigenvalue weighted by atomic mass is 16.3. The first kappa shape index (κ1) is 20.1. The van der Waals surface area contributed by atoms with Gasteiger partial charge in [0.15, 0.2) is 0 Å². The molecule has 1 heterocycles. The molecule has 2 amide bonds. The zero-order chi connectivity index (χ0) is 20.8. The van der Waals surface area contributed by atoms with E-state index in [1.54, 1.807) is 24.3 Å². The second-order valence-corrected chi connectivity index (χ2v) is 6.95. The van der Waals surface area contributed by atoms with Crippen molar-refractivity contribution in [2.24, 2.45) is 0 Å². The van der Waals surface area contributed by atoms with E-state index in [-0.39, 0.29) is 17.6 Å². The van der Waals surface area contributed by atoms with Gasteiger partial charge in [-0.2, -0.15) is 0 Å². The second-order valence-electron chi connectivity index (χ2n) is 6.95. The third kappa shape index (κ3) is 5.23. The first-order valence-electron chi connectivity index (χ1n) is 9.43. The smallest absolute Gasteiger partial charge is 0.268 e. The largest absolute Gasteiger partial charge is 0.465 e. The highest BCUT2D eigenvalue weighted by Gasteiger charge is 2.18. The molecule has 3 aromatic rings. The van der Waals surface area contributed by atoms with Gasteiger partial charge in [0.05, 0.1) is 12.3 Å². The van der Waals surface area contributed by atoms with Crippen molar-refractivity contribution in [2.75, 3.05) is 0 Å². The quantitative estimate of drug-likeness (QED) is 0.609. The summed E-state index contributed by atoms with van der Waals surface area (Å²) < 4.78 is 5.32. The molecular weight excluding hydrogens is 364 g/mol. The monoisotopic (exact) mass is 388 g/mol. The number of amides is 2. The highest BCUT2D eigenvalue weighted by molar-refractivity contribution is 6.05. The van der Waals surface area contributed by atoms with E-state index in [1.807, 2.05) is 57.2 Å². The van der Waals surface area contributed by atoms with Crippen LogP contribution in [-0.4, -0.2) is 11.8 Å². The van der Waals surface area contributed by atoms with Crippen molar-refractivity contribution >= 4 is 17.9 Å². The molecule has 2 aromatic carbocycles. The maximum absolute atomic E-state index is 12.9. The number of carbonyl (C=O) groups excluding carboxylic acids is 2. The zero-order valence-corrected chi connectivity index (χ0v) is 16.7. The van der Waals surface area contributed by atoms with E-state index in [2.05, 4.69) is 10.6 Å². The predicted molar refractivity (Wildman–Crippen MR) is 113 cm³/mol. The molecule has 2 N–H and O–H groups in total. The number of nitrogens with one attached hydrogen (secondary N) is 2. The molecule has 148 valence electrons. The molecular formula is C24H24N2O3. The first-order valence-corrected chi connectivity index (χ1v) is 9.43. The number of hydrogen-bond donors (Lipinski definition) is 2. The van der Waals surface area contributed by atoms with Gasteiger partial charge in [-0.15, -0.1) is 0 Å². The molecule has 5 heteroatoms. The van der Waals surface area contributed by atoms with Crippen LogP contribution in [0.5, 0.6) is 0 Å². The minimum absolute atomic E-state index is 0.117. The van der Waals surface area contributed by atoms with Crippen molar-refractivity contribution in [3.63, 3.8) is 0 Å². The van der Waals surface area contributed by atoms with E-state index in [4.69, 9.17) is 4.42 Å². The predicted octanol–water partition coefficient (Wildman–Crippen LogP) is 4.54. The van der Waals surface area contributed by atoms with Crippen LogP contribution in [0.2, 0.25) is 0 Å². The minimum atomic E-state index is -0.391. The Bertz CT molecular complexity index is 1020. The van der Waals surface area contributed by atoms with Crippen molar-refractivity contribution < 1.29 is 14.0 Å². The molecule has 1 atom stereocenters. The van der Waals surface area contributed by atoms with Gasteiger partial charge in [-0.1, -0.05) is 42.0 Å². The van der Waals surface area contributed by atoms with E-state index < -0.39 is 5.91 Å². The maximum atomic E-state index is 12.9. The molecule has 0 bridgehead atoms. The van der Waals surface area contributed by atoms with Gasteiger partial charge in [-0.3, -0.25) is 9.59 Å². The number of hydrogen-bond acceptors (Lipinski definition) is 3. The SMILES string of the molecule is Cc1ccc(C(=O)N/C(=C\c2ccco2)C(=O)NC(C)c2ccccc2C)cc1. The molecule has 3 rings (SSSR count). The summed E-state index contributed by atoms with van der Waals surface area (Å²) in [5.41, 5.74) is 3.74. The summed E-state index contributed by atoms with van der Waals surface area (Å²) in [6, 6.07) is 18.2. The van der Waals surface area contributed by atoms with Crippen LogP contribution in [0.1, 0.15) is 45.8 Å². The zero-order valence-electron chi connectivity index (χ0n) is 16.7. The molecule has 0 aliphatic carbocycles. The van der Waals surface area contributed by atoms with Gasteiger partial charge in [0.2, 0.25) is 0 Å². The lowest BCUT2D eigenvalue weighted by atomic mass is 10.0. The van der Waals surface area contributed by atoms with Crippen LogP contribution < -0.4 is 10.6 Å². The average Bonchev–Trinajstić information content (AvgIpc) is 3.21. The van der Waals surface area contributed by atoms with Gasteiger partial charge < -0.3 is 15.1 Å². The van der Waals surface area contributed by atoms with Crippen molar-refractivity contribution in [1.82, 2.24) is 10.6 Å². The van der Waals surface area contributed by atoms with E-state index >= 15 is 0 Å². The van der Waals surface area contributed by atoms with Gasteiger partial charge in [0.1, 0.15) is 11.5 Å². The standard InChI is InChI=1S/C24H24N2O3/c1-16-10-12-19(13-11-16)23(27)26-22(15-20-8-6-14-29-20)24(28)25-18(3)21-9-5-4-7-17(21)2/h4-15,18H,1-3H3,(H,25,28)(H,26,27)/b22-15-. The number of benzene rings is 2. The van der Waals surface area contributed by atoms with Crippen molar-refractivity contribution in [2.45, 2.75) is 26.8 Å². The van der Waals surface area contributed by atoms with Crippen LogP contribution in [0.25, 0.3) is 6.08 Å². The number of aryl methyl sites for hydroxylation is 2. The fourth-order valence-electron chi connectivity index (χ4n) is 3.00. The molecule has 0 aliphatic heterocycles. The highest BCUT2D eigenvalue weighted by Crippen LogP contribution is 2.17. The van der Waals surface area contributed by atoms with Crippen LogP contribution in [-0.2, 0) is 4.79 Å². The lowest BCUT2D eigenvalue weighted by Crippen LogP contribution is -2.36. The van der Waals surface area contributed by atoms with Gasteiger partial charge in [-0.05, 0) is 56.2 Å². The summed E-state index contributed by atoms with van der Waals surface area (Å²) in [5.74, 6) is -0.276. The van der Waals surface area contributed by atoms with Gasteiger partial charge >= 0.3 is 0 Å². The summed E-state index contributed by atoms with van der Waals surface area (Å²) in [4.78, 5) is 25.6. The Kier molecular flexibility index (Phi) is 6.29. The summed E-state index contributed by atoms with van der Waals surface area (Å²) in [6.07, 6.45) is 3.03. The Hall–Kier alpha value is -3.60. The van der Waals surface area contributed by atoms with E-state index in [9.17, 15) is 9.59 Å². The molecule has 5 nitrogen and oxygen atoms in total. The molecule has 1 aromatic heterocycles. The van der Waals surface area contributed by atoms with Crippen LogP contribution in [0, 0.1) is 13.8 Å². The van der Waals surface area contributed by atoms with Crippen LogP contribution in [0.4, 0.5) is 0 Å². The van der Waals surface area contributed by atoms with Crippen molar-refractivity contribution in [1.29, 1.82) is 0 Å². The average molecular weight is 388 g/mol. The Morgan fingerprint density at radius 3 is 2.34 bits per heavy atom. The summed E-state index contributed by atoms with van der Waals surface area (Å²) in [5, 5.41) is 5.66. The van der Waals surface area contributed by atoms with Crippen molar-refractivity contribution in [3.8, 4) is 0 Å². The molecule has 0 radical (unpaired) electrons. The molecule has 0 saturated carbocycles. The fourth-order valence-corrected chi connectivity index (χ4v) is 3.00. The third-order valence-electron chi connectivity index (χ3n) is 4.64. The van der Waals surface area contributed by atoms with Crippen molar-refractivity contribution in [3.05, 3.63) is 101 Å². The Labute approximate surface area is 170 Å². The van der Waals surface area contributed by atoms with E-state index in [0.29, 0.717) is 11.3 Å². The first-order chi connectivity index (χ1) is 13.9. The van der Waals surface area contributed by atoms with E-state index in [1.165, 1.54) is 12.3 Å². The lowest BCUT2D eigenvalue weighted by Gasteiger charge is -2.18. The molecule has 29 heavy (non-hydrogen) atoms. The summed E-state index contributed by atoms with van der Waals surface area (Å²) in [6.45, 7) is 5.85. The van der Waals surface area contributed by atoms with Gasteiger partial charge in [0, 0.05) is 11.6 Å². The van der Waals surface area contributed by atoms with Crippen LogP contribution in [0.3, 0.4) is 0 Å². The molecule has 0 saturated heterocycles. The second kappa shape index (κ2) is 9.06. The van der Waals surface area contributed by atoms with E-state index in [0.717, 1.165) is 16.7 Å². The fraction of sp³-hybridized carbons (Fsp3) is 0.167. The minimum Gasteiger partial charge on any atom is -0.465 e. The van der Waals surface area contributed by atoms with Crippen LogP contribution >= 0.6 is 0 Å². The number of rotatable bonds is 6. The molecule has 0 aliphatic rings. The summed E-state index contributed by atoms with van der Waals surface area (Å²) >= 11 is 0. The number of furan rings is 1. The Morgan fingerprint density at radius 1 is 0.966 bits per heavy atom. The van der Waals surface area contributed by atoms with Gasteiger partial charge in [-0.25, -0.2) is 0 Å². The molecule has 1 unspecified atom stereocenters. The number of carbonyl (C=O) groups is 2. The lowest BCUT2D eigenvalue weighted by molar-refractivity contribution is -0.118.